The molecule has 3 unspecified atom stereocenters. The van der Waals surface area contributed by atoms with E-state index in [1.165, 1.54) is 0 Å². The van der Waals surface area contributed by atoms with Crippen LogP contribution in [0, 0.1) is 16.7 Å². The molecular formula is C15H28N2O2. The van der Waals surface area contributed by atoms with Crippen molar-refractivity contribution >= 4 is 5.91 Å². The topological polar surface area (TPSA) is 64.4 Å². The van der Waals surface area contributed by atoms with Gasteiger partial charge in [0.25, 0.3) is 0 Å². The monoisotopic (exact) mass is 268 g/mol. The lowest BCUT2D eigenvalue weighted by molar-refractivity contribution is -0.175. The third-order valence-electron chi connectivity index (χ3n) is 4.99. The third-order valence-corrected chi connectivity index (χ3v) is 4.99. The van der Waals surface area contributed by atoms with Crippen LogP contribution in [-0.2, 0) is 9.53 Å². The second kappa shape index (κ2) is 4.45. The first-order valence-corrected chi connectivity index (χ1v) is 7.29. The molecule has 4 heteroatoms. The Morgan fingerprint density at radius 2 is 2.05 bits per heavy atom. The molecule has 0 radical (unpaired) electrons. The van der Waals surface area contributed by atoms with Crippen molar-refractivity contribution in [3.63, 3.8) is 0 Å². The fraction of sp³-hybridized carbons (Fsp3) is 0.933. The molecule has 1 heterocycles. The zero-order valence-corrected chi connectivity index (χ0v) is 12.9. The van der Waals surface area contributed by atoms with Gasteiger partial charge in [-0.1, -0.05) is 34.6 Å². The van der Waals surface area contributed by atoms with Gasteiger partial charge in [-0.3, -0.25) is 4.79 Å². The minimum atomic E-state index is -0.772. The summed E-state index contributed by atoms with van der Waals surface area (Å²) in [5.41, 5.74) is 5.64. The Morgan fingerprint density at radius 1 is 1.42 bits per heavy atom. The van der Waals surface area contributed by atoms with Gasteiger partial charge in [-0.05, 0) is 18.3 Å². The quantitative estimate of drug-likeness (QED) is 0.818. The molecule has 2 aliphatic rings. The summed E-state index contributed by atoms with van der Waals surface area (Å²) in [7, 11) is 0. The highest BCUT2D eigenvalue weighted by Gasteiger charge is 2.71. The van der Waals surface area contributed by atoms with Crippen molar-refractivity contribution < 1.29 is 9.53 Å². The normalized spacial score (nSPS) is 36.5. The molecule has 0 aromatic heterocycles. The average Bonchev–Trinajstić information content (AvgIpc) is 2.73. The molecule has 110 valence electrons. The lowest BCUT2D eigenvalue weighted by atomic mass is 9.48. The van der Waals surface area contributed by atoms with Gasteiger partial charge in [0.1, 0.15) is 5.54 Å². The van der Waals surface area contributed by atoms with Crippen LogP contribution in [0.4, 0.5) is 0 Å². The van der Waals surface area contributed by atoms with Crippen molar-refractivity contribution in [1.82, 2.24) is 5.32 Å². The number of hydrogen-bond donors (Lipinski definition) is 2. The van der Waals surface area contributed by atoms with Gasteiger partial charge in [-0.15, -0.1) is 0 Å². The highest BCUT2D eigenvalue weighted by molar-refractivity contribution is 5.89. The Hall–Kier alpha value is -0.610. The van der Waals surface area contributed by atoms with Gasteiger partial charge < -0.3 is 15.8 Å². The van der Waals surface area contributed by atoms with Crippen molar-refractivity contribution in [2.75, 3.05) is 13.2 Å². The van der Waals surface area contributed by atoms with E-state index in [0.29, 0.717) is 6.54 Å². The van der Waals surface area contributed by atoms with E-state index in [9.17, 15) is 4.79 Å². The largest absolute Gasteiger partial charge is 0.377 e. The summed E-state index contributed by atoms with van der Waals surface area (Å²) < 4.78 is 5.71. The van der Waals surface area contributed by atoms with Gasteiger partial charge in [0.2, 0.25) is 5.91 Å². The van der Waals surface area contributed by atoms with Crippen LogP contribution in [0.15, 0.2) is 0 Å². The van der Waals surface area contributed by atoms with Crippen LogP contribution in [0.3, 0.4) is 0 Å². The SMILES string of the molecule is CC(C)(C)CCNC(=O)C1(N)C2CCOC2C1(C)C. The Bertz CT molecular complexity index is 373. The molecule has 1 saturated carbocycles. The first-order chi connectivity index (χ1) is 8.61. The van der Waals surface area contributed by atoms with Crippen molar-refractivity contribution in [2.24, 2.45) is 22.5 Å². The van der Waals surface area contributed by atoms with E-state index < -0.39 is 5.54 Å². The molecule has 3 N–H and O–H groups in total. The maximum atomic E-state index is 12.5. The molecule has 0 bridgehead atoms. The summed E-state index contributed by atoms with van der Waals surface area (Å²) in [6.45, 7) is 12.0. The van der Waals surface area contributed by atoms with E-state index >= 15 is 0 Å². The van der Waals surface area contributed by atoms with E-state index in [1.807, 2.05) is 13.8 Å². The number of nitrogens with one attached hydrogen (secondary N) is 1. The molecule has 19 heavy (non-hydrogen) atoms. The molecule has 4 nitrogen and oxygen atoms in total. The number of ether oxygens (including phenoxy) is 1. The molecule has 0 spiro atoms. The molecule has 1 amide bonds. The van der Waals surface area contributed by atoms with Crippen molar-refractivity contribution in [1.29, 1.82) is 0 Å². The first kappa shape index (κ1) is 14.8. The molecular weight excluding hydrogens is 240 g/mol. The molecule has 1 saturated heterocycles. The summed E-state index contributed by atoms with van der Waals surface area (Å²) in [4.78, 5) is 12.5. The van der Waals surface area contributed by atoms with E-state index in [1.54, 1.807) is 0 Å². The average molecular weight is 268 g/mol. The maximum absolute atomic E-state index is 12.5. The predicted octanol–water partition coefficient (Wildman–Crippen LogP) is 1.68. The van der Waals surface area contributed by atoms with Gasteiger partial charge in [0.15, 0.2) is 0 Å². The molecule has 1 aliphatic carbocycles. The van der Waals surface area contributed by atoms with Crippen LogP contribution in [0.25, 0.3) is 0 Å². The standard InChI is InChI=1S/C15H28N2O2/c1-13(2,3)7-8-17-12(18)15(16)10-6-9-19-11(10)14(15,4)5/h10-11H,6-9,16H2,1-5H3,(H,17,18). The van der Waals surface area contributed by atoms with E-state index in [4.69, 9.17) is 10.5 Å². The number of nitrogens with two attached hydrogens (primary N) is 1. The van der Waals surface area contributed by atoms with Gasteiger partial charge in [0.05, 0.1) is 6.10 Å². The first-order valence-electron chi connectivity index (χ1n) is 7.29. The number of rotatable bonds is 3. The minimum Gasteiger partial charge on any atom is -0.377 e. The molecule has 0 aromatic carbocycles. The third kappa shape index (κ3) is 2.19. The summed E-state index contributed by atoms with van der Waals surface area (Å²) in [6, 6.07) is 0. The predicted molar refractivity (Wildman–Crippen MR) is 75.6 cm³/mol. The zero-order chi connectivity index (χ0) is 14.5. The highest BCUT2D eigenvalue weighted by atomic mass is 16.5. The number of fused-ring (bicyclic) bond motifs is 1. The van der Waals surface area contributed by atoms with Gasteiger partial charge in [0, 0.05) is 24.5 Å². The number of carbonyl (C=O) groups excluding carboxylic acids is 1. The zero-order valence-electron chi connectivity index (χ0n) is 12.9. The maximum Gasteiger partial charge on any atom is 0.241 e. The van der Waals surface area contributed by atoms with Gasteiger partial charge in [-0.25, -0.2) is 0 Å². The van der Waals surface area contributed by atoms with E-state index in [2.05, 4.69) is 26.1 Å². The lowest BCUT2D eigenvalue weighted by Gasteiger charge is -2.60. The van der Waals surface area contributed by atoms with E-state index in [-0.39, 0.29) is 28.8 Å². The van der Waals surface area contributed by atoms with Crippen molar-refractivity contribution in [3.8, 4) is 0 Å². The fourth-order valence-electron chi connectivity index (χ4n) is 3.54. The fourth-order valence-corrected chi connectivity index (χ4v) is 3.54. The Balaban J connectivity index is 1.98. The number of carbonyl (C=O) groups is 1. The van der Waals surface area contributed by atoms with Crippen LogP contribution in [-0.4, -0.2) is 30.7 Å². The van der Waals surface area contributed by atoms with Gasteiger partial charge >= 0.3 is 0 Å². The molecule has 2 fully saturated rings. The van der Waals surface area contributed by atoms with Crippen molar-refractivity contribution in [2.45, 2.75) is 59.1 Å². The number of hydrogen-bond acceptors (Lipinski definition) is 3. The van der Waals surface area contributed by atoms with Gasteiger partial charge in [-0.2, -0.15) is 0 Å². The van der Waals surface area contributed by atoms with Crippen LogP contribution in [0.1, 0.15) is 47.5 Å². The number of amides is 1. The molecule has 0 aromatic rings. The van der Waals surface area contributed by atoms with Crippen LogP contribution >= 0.6 is 0 Å². The molecule has 3 atom stereocenters. The van der Waals surface area contributed by atoms with Crippen LogP contribution < -0.4 is 11.1 Å². The lowest BCUT2D eigenvalue weighted by Crippen LogP contribution is -2.80. The summed E-state index contributed by atoms with van der Waals surface area (Å²) in [5, 5.41) is 3.03. The molecule has 1 aliphatic heterocycles. The summed E-state index contributed by atoms with van der Waals surface area (Å²) >= 11 is 0. The minimum absolute atomic E-state index is 0.00602. The highest BCUT2D eigenvalue weighted by Crippen LogP contribution is 2.58. The smallest absolute Gasteiger partial charge is 0.241 e. The van der Waals surface area contributed by atoms with Crippen molar-refractivity contribution in [3.05, 3.63) is 0 Å². The van der Waals surface area contributed by atoms with E-state index in [0.717, 1.165) is 19.4 Å². The Labute approximate surface area is 116 Å². The second-order valence-electron chi connectivity index (χ2n) is 7.84. The second-order valence-corrected chi connectivity index (χ2v) is 7.84. The Morgan fingerprint density at radius 3 is 2.63 bits per heavy atom. The van der Waals surface area contributed by atoms with Crippen LogP contribution in [0.5, 0.6) is 0 Å². The molecule has 2 rings (SSSR count). The Kier molecular flexibility index (Phi) is 3.47. The summed E-state index contributed by atoms with van der Waals surface area (Å²) in [6.07, 6.45) is 2.00. The van der Waals surface area contributed by atoms with Crippen LogP contribution in [0.2, 0.25) is 0 Å². The summed E-state index contributed by atoms with van der Waals surface area (Å²) in [5.74, 6) is 0.172.